The Kier molecular flexibility index (Phi) is 5.61. The summed E-state index contributed by atoms with van der Waals surface area (Å²) in [6.07, 6.45) is 2.94. The molecule has 0 aliphatic heterocycles. The van der Waals surface area contributed by atoms with Crippen LogP contribution in [0.2, 0.25) is 0 Å². The summed E-state index contributed by atoms with van der Waals surface area (Å²) in [6.45, 7) is 3.84. The number of carbonyl (C=O) groups excluding carboxylic acids is 1. The molecule has 0 saturated carbocycles. The van der Waals surface area contributed by atoms with Gasteiger partial charge in [0.05, 0.1) is 6.61 Å². The lowest BCUT2D eigenvalue weighted by molar-refractivity contribution is -0.149. The lowest BCUT2D eigenvalue weighted by atomic mass is 9.98. The molecule has 2 N–H and O–H groups in total. The first-order valence-corrected chi connectivity index (χ1v) is 6.89. The second-order valence-corrected chi connectivity index (χ2v) is 5.32. The molecule has 7 heteroatoms. The van der Waals surface area contributed by atoms with Crippen molar-refractivity contribution in [2.75, 3.05) is 12.4 Å². The molecule has 1 heterocycles. The predicted molar refractivity (Wildman–Crippen MR) is 70.2 cm³/mol. The van der Waals surface area contributed by atoms with Gasteiger partial charge in [0.1, 0.15) is 11.9 Å². The Bertz CT molecular complexity index is 392. The summed E-state index contributed by atoms with van der Waals surface area (Å²) in [4.78, 5) is 15.7. The Morgan fingerprint density at radius 2 is 2.39 bits per heavy atom. The van der Waals surface area contributed by atoms with Crippen LogP contribution in [0.5, 0.6) is 0 Å². The molecular formula is C11H20N4O2S. The molecule has 0 radical (unpaired) electrons. The molecule has 0 amide bonds. The second kappa shape index (κ2) is 6.75. The number of aryl methyl sites for hydroxylation is 1. The molecule has 1 aromatic heterocycles. The van der Waals surface area contributed by atoms with Crippen LogP contribution in [-0.4, -0.2) is 38.6 Å². The monoisotopic (exact) mass is 272 g/mol. The molecule has 0 saturated heterocycles. The number of thioether (sulfide) groups is 1. The number of rotatable bonds is 7. The van der Waals surface area contributed by atoms with Gasteiger partial charge in [0.2, 0.25) is 0 Å². The first-order chi connectivity index (χ1) is 8.47. The van der Waals surface area contributed by atoms with E-state index in [1.54, 1.807) is 30.3 Å². The normalized spacial score (nSPS) is 14.2. The van der Waals surface area contributed by atoms with E-state index in [1.165, 1.54) is 6.33 Å². The van der Waals surface area contributed by atoms with Gasteiger partial charge < -0.3 is 10.5 Å². The van der Waals surface area contributed by atoms with Crippen molar-refractivity contribution < 1.29 is 9.53 Å². The molecule has 0 spiro atoms. The van der Waals surface area contributed by atoms with Crippen LogP contribution in [0.25, 0.3) is 0 Å². The van der Waals surface area contributed by atoms with E-state index in [2.05, 4.69) is 10.1 Å². The van der Waals surface area contributed by atoms with Gasteiger partial charge in [-0.3, -0.25) is 4.79 Å². The third-order valence-electron chi connectivity index (χ3n) is 2.48. The largest absolute Gasteiger partial charge is 0.465 e. The fourth-order valence-corrected chi connectivity index (χ4v) is 2.24. The number of nitrogens with zero attached hydrogens (tertiary/aromatic N) is 3. The quantitative estimate of drug-likeness (QED) is 0.452. The smallest absolute Gasteiger partial charge is 0.325 e. The van der Waals surface area contributed by atoms with E-state index in [4.69, 9.17) is 10.5 Å². The van der Waals surface area contributed by atoms with Gasteiger partial charge in [-0.05, 0) is 26.7 Å². The van der Waals surface area contributed by atoms with Crippen molar-refractivity contribution in [2.24, 2.45) is 12.8 Å². The highest BCUT2D eigenvalue weighted by atomic mass is 32.2. The van der Waals surface area contributed by atoms with Crippen molar-refractivity contribution in [2.45, 2.75) is 37.4 Å². The highest BCUT2D eigenvalue weighted by molar-refractivity contribution is 7.99. The maximum atomic E-state index is 11.6. The molecular weight excluding hydrogens is 252 g/mol. The summed E-state index contributed by atoms with van der Waals surface area (Å²) < 4.78 is 6.65. The molecule has 1 aromatic rings. The maximum absolute atomic E-state index is 11.6. The first kappa shape index (κ1) is 15.0. The Hall–Kier alpha value is -1.08. The van der Waals surface area contributed by atoms with Crippen LogP contribution in [0, 0.1) is 0 Å². The van der Waals surface area contributed by atoms with Crippen LogP contribution in [0.1, 0.15) is 26.7 Å². The average Bonchev–Trinajstić information content (AvgIpc) is 2.71. The topological polar surface area (TPSA) is 83.0 Å². The molecule has 0 aliphatic rings. The highest BCUT2D eigenvalue weighted by Gasteiger charge is 2.29. The van der Waals surface area contributed by atoms with Gasteiger partial charge in [0, 0.05) is 12.8 Å². The summed E-state index contributed by atoms with van der Waals surface area (Å²) in [7, 11) is 1.85. The summed E-state index contributed by atoms with van der Waals surface area (Å²) in [6, 6.07) is 0. The third-order valence-corrected chi connectivity index (χ3v) is 3.60. The number of hydrogen-bond donors (Lipinski definition) is 1. The Labute approximate surface area is 111 Å². The van der Waals surface area contributed by atoms with Gasteiger partial charge in [0.15, 0.2) is 5.16 Å². The van der Waals surface area contributed by atoms with Gasteiger partial charge in [-0.25, -0.2) is 9.67 Å². The van der Waals surface area contributed by atoms with Gasteiger partial charge in [-0.1, -0.05) is 11.8 Å². The lowest BCUT2D eigenvalue weighted by Crippen LogP contribution is -2.46. The van der Waals surface area contributed by atoms with E-state index in [0.717, 1.165) is 17.3 Å². The van der Waals surface area contributed by atoms with Crippen LogP contribution < -0.4 is 5.73 Å². The molecule has 18 heavy (non-hydrogen) atoms. The van der Waals surface area contributed by atoms with Crippen molar-refractivity contribution in [3.63, 3.8) is 0 Å². The van der Waals surface area contributed by atoms with E-state index in [9.17, 15) is 4.79 Å². The number of esters is 1. The van der Waals surface area contributed by atoms with E-state index < -0.39 is 5.54 Å². The van der Waals surface area contributed by atoms with Crippen LogP contribution >= 0.6 is 11.8 Å². The Morgan fingerprint density at radius 1 is 1.67 bits per heavy atom. The highest BCUT2D eigenvalue weighted by Crippen LogP contribution is 2.18. The zero-order valence-corrected chi connectivity index (χ0v) is 11.9. The minimum absolute atomic E-state index is 0.339. The third kappa shape index (κ3) is 4.30. The molecule has 0 fully saturated rings. The number of carbonyl (C=O) groups is 1. The van der Waals surface area contributed by atoms with E-state index in [0.29, 0.717) is 13.0 Å². The zero-order chi connectivity index (χ0) is 13.6. The molecule has 1 atom stereocenters. The molecule has 6 nitrogen and oxygen atoms in total. The van der Waals surface area contributed by atoms with Gasteiger partial charge >= 0.3 is 5.97 Å². The van der Waals surface area contributed by atoms with Crippen molar-refractivity contribution in [1.82, 2.24) is 14.8 Å². The molecule has 1 unspecified atom stereocenters. The van der Waals surface area contributed by atoms with Crippen LogP contribution in [0.4, 0.5) is 0 Å². The van der Waals surface area contributed by atoms with Crippen molar-refractivity contribution in [3.05, 3.63) is 6.33 Å². The van der Waals surface area contributed by atoms with Crippen molar-refractivity contribution in [3.8, 4) is 0 Å². The molecule has 102 valence electrons. The number of nitrogens with two attached hydrogens (primary N) is 1. The molecule has 0 bridgehead atoms. The second-order valence-electron chi connectivity index (χ2n) is 4.26. The van der Waals surface area contributed by atoms with E-state index in [-0.39, 0.29) is 5.97 Å². The maximum Gasteiger partial charge on any atom is 0.325 e. The predicted octanol–water partition coefficient (Wildman–Crippen LogP) is 0.968. The summed E-state index contributed by atoms with van der Waals surface area (Å²) >= 11 is 1.60. The fraction of sp³-hybridized carbons (Fsp3) is 0.727. The van der Waals surface area contributed by atoms with Crippen molar-refractivity contribution in [1.29, 1.82) is 0 Å². The van der Waals surface area contributed by atoms with Crippen LogP contribution in [-0.2, 0) is 16.6 Å². The van der Waals surface area contributed by atoms with Gasteiger partial charge in [-0.2, -0.15) is 5.10 Å². The summed E-state index contributed by atoms with van der Waals surface area (Å²) in [5.74, 6) is 0.507. The lowest BCUT2D eigenvalue weighted by Gasteiger charge is -2.21. The SMILES string of the molecule is CCOC(=O)C(C)(N)CCCSc1ncnn1C. The fourth-order valence-electron chi connectivity index (χ4n) is 1.42. The van der Waals surface area contributed by atoms with E-state index in [1.807, 2.05) is 7.05 Å². The zero-order valence-electron chi connectivity index (χ0n) is 11.0. The Morgan fingerprint density at radius 3 is 2.94 bits per heavy atom. The Balaban J connectivity index is 2.29. The number of aromatic nitrogens is 3. The van der Waals surface area contributed by atoms with Crippen molar-refractivity contribution >= 4 is 17.7 Å². The molecule has 1 rings (SSSR count). The van der Waals surface area contributed by atoms with Crippen LogP contribution in [0.3, 0.4) is 0 Å². The summed E-state index contributed by atoms with van der Waals surface area (Å²) in [5, 5.41) is 4.85. The van der Waals surface area contributed by atoms with Gasteiger partial charge in [-0.15, -0.1) is 0 Å². The minimum atomic E-state index is -0.906. The summed E-state index contributed by atoms with van der Waals surface area (Å²) in [5.41, 5.74) is 5.01. The standard InChI is InChI=1S/C11H20N4O2S/c1-4-17-9(16)11(2,12)6-5-7-18-10-13-8-14-15(10)3/h8H,4-7,12H2,1-3H3. The van der Waals surface area contributed by atoms with Crippen LogP contribution in [0.15, 0.2) is 11.5 Å². The molecule has 0 aromatic carbocycles. The average molecular weight is 272 g/mol. The van der Waals surface area contributed by atoms with E-state index >= 15 is 0 Å². The first-order valence-electron chi connectivity index (χ1n) is 5.90. The van der Waals surface area contributed by atoms with Gasteiger partial charge in [0.25, 0.3) is 0 Å². The minimum Gasteiger partial charge on any atom is -0.465 e. The molecule has 0 aliphatic carbocycles. The number of hydrogen-bond acceptors (Lipinski definition) is 6. The number of ether oxygens (including phenoxy) is 1.